The van der Waals surface area contributed by atoms with Crippen LogP contribution in [-0.4, -0.2) is 15.0 Å². The summed E-state index contributed by atoms with van der Waals surface area (Å²) in [4.78, 5) is 8.29. The molecule has 0 aliphatic carbocycles. The summed E-state index contributed by atoms with van der Waals surface area (Å²) in [5.41, 5.74) is 6.45. The van der Waals surface area contributed by atoms with Crippen molar-refractivity contribution in [2.45, 2.75) is 0 Å². The molecule has 0 spiro atoms. The van der Waals surface area contributed by atoms with Crippen molar-refractivity contribution < 1.29 is 4.39 Å². The molecule has 0 aliphatic rings. The summed E-state index contributed by atoms with van der Waals surface area (Å²) in [6.45, 7) is 0. The minimum absolute atomic E-state index is 0.179. The molecule has 0 aliphatic heterocycles. The normalized spacial score (nSPS) is 10.1. The number of rotatable bonds is 3. The van der Waals surface area contributed by atoms with Crippen LogP contribution in [0.3, 0.4) is 0 Å². The smallest absolute Gasteiger partial charge is 0.227 e. The van der Waals surface area contributed by atoms with E-state index in [0.29, 0.717) is 21.8 Å². The van der Waals surface area contributed by atoms with Crippen molar-refractivity contribution in [1.29, 1.82) is 0 Å². The van der Waals surface area contributed by atoms with Crippen LogP contribution in [0.2, 0.25) is 0 Å². The maximum absolute atomic E-state index is 13.1. The predicted molar refractivity (Wildman–Crippen MR) is 75.3 cm³/mol. The maximum Gasteiger partial charge on any atom is 0.227 e. The van der Waals surface area contributed by atoms with Crippen LogP contribution in [0.25, 0.3) is 0 Å². The zero-order valence-electron chi connectivity index (χ0n) is 9.02. The number of anilines is 2. The molecule has 0 atom stereocenters. The van der Waals surface area contributed by atoms with E-state index in [1.54, 1.807) is 12.1 Å². The summed E-state index contributed by atoms with van der Waals surface area (Å²) in [5.74, 6) is -0.0576. The number of nitrogens with zero attached hydrogens (tertiary/aromatic N) is 2. The molecule has 0 fully saturated rings. The number of thiocarbonyl (C=S) groups is 1. The molecule has 0 saturated carbocycles. The first kappa shape index (κ1) is 12.8. The van der Waals surface area contributed by atoms with Gasteiger partial charge in [-0.2, -0.15) is 0 Å². The lowest BCUT2D eigenvalue weighted by Crippen LogP contribution is -2.12. The molecule has 0 unspecified atom stereocenters. The Hall–Kier alpha value is -1.60. The van der Waals surface area contributed by atoms with Crippen molar-refractivity contribution in [3.8, 4) is 0 Å². The van der Waals surface area contributed by atoms with E-state index in [-0.39, 0.29) is 10.8 Å². The minimum Gasteiger partial charge on any atom is -0.388 e. The Morgan fingerprint density at radius 2 is 2.17 bits per heavy atom. The van der Waals surface area contributed by atoms with Crippen molar-refractivity contribution in [2.24, 2.45) is 5.73 Å². The predicted octanol–water partition coefficient (Wildman–Crippen LogP) is 2.76. The van der Waals surface area contributed by atoms with Gasteiger partial charge in [0.25, 0.3) is 0 Å². The molecule has 2 aromatic rings. The van der Waals surface area contributed by atoms with Gasteiger partial charge in [0.15, 0.2) is 0 Å². The highest BCUT2D eigenvalue weighted by Crippen LogP contribution is 2.25. The lowest BCUT2D eigenvalue weighted by Gasteiger charge is -2.07. The van der Waals surface area contributed by atoms with Crippen molar-refractivity contribution in [1.82, 2.24) is 9.97 Å². The molecule has 1 aromatic carbocycles. The van der Waals surface area contributed by atoms with Gasteiger partial charge in [-0.05, 0) is 40.2 Å². The first-order chi connectivity index (χ1) is 8.56. The van der Waals surface area contributed by atoms with Crippen LogP contribution < -0.4 is 11.1 Å². The average molecular weight is 327 g/mol. The third-order valence-corrected chi connectivity index (χ3v) is 2.98. The quantitative estimate of drug-likeness (QED) is 0.849. The average Bonchev–Trinajstić information content (AvgIpc) is 2.34. The fourth-order valence-corrected chi connectivity index (χ4v) is 1.73. The van der Waals surface area contributed by atoms with E-state index in [2.05, 4.69) is 31.2 Å². The molecule has 0 radical (unpaired) electrons. The van der Waals surface area contributed by atoms with E-state index in [1.807, 2.05) is 0 Å². The fraction of sp³-hybridized carbons (Fsp3) is 0. The molecular weight excluding hydrogens is 319 g/mol. The summed E-state index contributed by atoms with van der Waals surface area (Å²) in [5, 5.41) is 2.88. The molecule has 92 valence electrons. The largest absolute Gasteiger partial charge is 0.388 e. The maximum atomic E-state index is 13.1. The summed E-state index contributed by atoms with van der Waals surface area (Å²) in [6.07, 6.45) is 1.52. The Morgan fingerprint density at radius 1 is 1.39 bits per heavy atom. The van der Waals surface area contributed by atoms with Gasteiger partial charge in [-0.1, -0.05) is 12.2 Å². The van der Waals surface area contributed by atoms with Crippen molar-refractivity contribution >= 4 is 44.8 Å². The molecule has 1 aromatic heterocycles. The Balaban J connectivity index is 2.31. The van der Waals surface area contributed by atoms with Gasteiger partial charge in [-0.25, -0.2) is 14.4 Å². The second kappa shape index (κ2) is 5.36. The van der Waals surface area contributed by atoms with Crippen LogP contribution in [0.15, 0.2) is 34.9 Å². The first-order valence-electron chi connectivity index (χ1n) is 4.91. The molecular formula is C11H8BrFN4S. The highest BCUT2D eigenvalue weighted by atomic mass is 79.9. The van der Waals surface area contributed by atoms with Gasteiger partial charge in [0.1, 0.15) is 16.5 Å². The number of hydrogen-bond donors (Lipinski definition) is 2. The van der Waals surface area contributed by atoms with Gasteiger partial charge < -0.3 is 11.1 Å². The molecule has 7 heteroatoms. The highest BCUT2D eigenvalue weighted by Gasteiger charge is 2.05. The number of nitrogens with one attached hydrogen (secondary N) is 1. The fourth-order valence-electron chi connectivity index (χ4n) is 1.27. The molecule has 1 heterocycles. The molecule has 2 rings (SSSR count). The summed E-state index contributed by atoms with van der Waals surface area (Å²) in [7, 11) is 0. The lowest BCUT2D eigenvalue weighted by atomic mass is 10.3. The molecule has 0 amide bonds. The van der Waals surface area contributed by atoms with E-state index < -0.39 is 0 Å². The van der Waals surface area contributed by atoms with Gasteiger partial charge in [0, 0.05) is 10.7 Å². The second-order valence-electron chi connectivity index (χ2n) is 3.38. The lowest BCUT2D eigenvalue weighted by molar-refractivity contribution is 0.628. The number of benzene rings is 1. The Labute approximate surface area is 117 Å². The monoisotopic (exact) mass is 326 g/mol. The minimum atomic E-state index is -0.355. The van der Waals surface area contributed by atoms with E-state index in [9.17, 15) is 4.39 Å². The number of hydrogen-bond acceptors (Lipinski definition) is 4. The second-order valence-corrected chi connectivity index (χ2v) is 4.67. The van der Waals surface area contributed by atoms with Gasteiger partial charge in [0.05, 0.1) is 5.69 Å². The highest BCUT2D eigenvalue weighted by molar-refractivity contribution is 9.10. The van der Waals surface area contributed by atoms with Crippen molar-refractivity contribution in [2.75, 3.05) is 5.32 Å². The van der Waals surface area contributed by atoms with Crippen LogP contribution >= 0.6 is 28.1 Å². The molecule has 3 N–H and O–H groups in total. The first-order valence-corrected chi connectivity index (χ1v) is 6.11. The van der Waals surface area contributed by atoms with Crippen LogP contribution in [0.1, 0.15) is 5.69 Å². The van der Waals surface area contributed by atoms with E-state index >= 15 is 0 Å². The zero-order chi connectivity index (χ0) is 13.1. The molecule has 4 nitrogen and oxygen atoms in total. The standard InChI is InChI=1S/C11H8BrFN4S/c12-7-2-1-6(13)5-9(7)17-11-15-4-3-8(16-11)10(14)18/h1-5H,(H2,14,18)(H,15,16,17). The summed E-state index contributed by atoms with van der Waals surface area (Å²) >= 11 is 8.12. The molecule has 0 bridgehead atoms. The van der Waals surface area contributed by atoms with Crippen LogP contribution in [-0.2, 0) is 0 Å². The van der Waals surface area contributed by atoms with Crippen LogP contribution in [0, 0.1) is 5.82 Å². The van der Waals surface area contributed by atoms with Gasteiger partial charge in [0.2, 0.25) is 5.95 Å². The number of halogens is 2. The van der Waals surface area contributed by atoms with Crippen LogP contribution in [0.5, 0.6) is 0 Å². The van der Waals surface area contributed by atoms with Gasteiger partial charge in [-0.3, -0.25) is 0 Å². The van der Waals surface area contributed by atoms with E-state index in [0.717, 1.165) is 0 Å². The Bertz CT molecular complexity index is 605. The van der Waals surface area contributed by atoms with Gasteiger partial charge >= 0.3 is 0 Å². The molecule has 0 saturated heterocycles. The number of nitrogens with two attached hydrogens (primary N) is 1. The number of aromatic nitrogens is 2. The zero-order valence-corrected chi connectivity index (χ0v) is 11.4. The third-order valence-electron chi connectivity index (χ3n) is 2.08. The SMILES string of the molecule is NC(=S)c1ccnc(Nc2cc(F)ccc2Br)n1. The molecule has 18 heavy (non-hydrogen) atoms. The Morgan fingerprint density at radius 3 is 2.89 bits per heavy atom. The van der Waals surface area contributed by atoms with Crippen LogP contribution in [0.4, 0.5) is 16.0 Å². The topological polar surface area (TPSA) is 63.8 Å². The summed E-state index contributed by atoms with van der Waals surface area (Å²) in [6, 6.07) is 5.88. The van der Waals surface area contributed by atoms with Crippen molar-refractivity contribution in [3.63, 3.8) is 0 Å². The third kappa shape index (κ3) is 2.99. The van der Waals surface area contributed by atoms with Crippen molar-refractivity contribution in [3.05, 3.63) is 46.4 Å². The van der Waals surface area contributed by atoms with E-state index in [4.69, 9.17) is 18.0 Å². The Kier molecular flexibility index (Phi) is 3.83. The summed E-state index contributed by atoms with van der Waals surface area (Å²) < 4.78 is 13.8. The van der Waals surface area contributed by atoms with Gasteiger partial charge in [-0.15, -0.1) is 0 Å². The van der Waals surface area contributed by atoms with E-state index in [1.165, 1.54) is 18.3 Å².